The molecule has 1 unspecified atom stereocenters. The van der Waals surface area contributed by atoms with Crippen molar-refractivity contribution in [1.82, 2.24) is 4.98 Å². The molecule has 3 aliphatic rings. The number of fused-ring (bicyclic) bond motifs is 1. The summed E-state index contributed by atoms with van der Waals surface area (Å²) >= 11 is 0. The predicted octanol–water partition coefficient (Wildman–Crippen LogP) is 5.63. The van der Waals surface area contributed by atoms with Crippen LogP contribution < -0.4 is 4.74 Å². The van der Waals surface area contributed by atoms with E-state index in [4.69, 9.17) is 19.2 Å². The number of aromatic nitrogens is 1. The van der Waals surface area contributed by atoms with Gasteiger partial charge in [-0.3, -0.25) is 4.98 Å². The molecule has 2 aliphatic heterocycles. The molecule has 7 nitrogen and oxygen atoms in total. The summed E-state index contributed by atoms with van der Waals surface area (Å²) in [5, 5.41) is 13.1. The topological polar surface area (TPSA) is 77.7 Å². The fourth-order valence-corrected chi connectivity index (χ4v) is 5.58. The van der Waals surface area contributed by atoms with E-state index in [1.54, 1.807) is 14.2 Å². The first-order valence-corrected chi connectivity index (χ1v) is 12.5. The van der Waals surface area contributed by atoms with Crippen LogP contribution in [0.25, 0.3) is 11.1 Å². The van der Waals surface area contributed by atoms with Gasteiger partial charge >= 0.3 is 0 Å². The minimum Gasteiger partial charge on any atom is -0.497 e. The number of hydrogen-bond acceptors (Lipinski definition) is 7. The highest BCUT2D eigenvalue weighted by molar-refractivity contribution is 6.08. The number of methoxy groups -OCH3 is 2. The molecular formula is C27H34N4O3. The Morgan fingerprint density at radius 1 is 1.00 bits per heavy atom. The van der Waals surface area contributed by atoms with Crippen LogP contribution in [0.15, 0.2) is 39.7 Å². The first-order chi connectivity index (χ1) is 16.8. The van der Waals surface area contributed by atoms with E-state index in [0.29, 0.717) is 13.2 Å². The zero-order chi connectivity index (χ0) is 23.4. The van der Waals surface area contributed by atoms with Crippen molar-refractivity contribution in [3.05, 3.63) is 46.8 Å². The van der Waals surface area contributed by atoms with Crippen molar-refractivity contribution in [2.45, 2.75) is 63.4 Å². The highest BCUT2D eigenvalue weighted by atomic mass is 16.5. The average molecular weight is 463 g/mol. The fraction of sp³-hybridized carbons (Fsp3) is 0.556. The van der Waals surface area contributed by atoms with Crippen LogP contribution in [0.1, 0.15) is 67.5 Å². The van der Waals surface area contributed by atoms with E-state index >= 15 is 0 Å². The molecule has 180 valence electrons. The Labute approximate surface area is 201 Å². The third-order valence-electron chi connectivity index (χ3n) is 7.18. The van der Waals surface area contributed by atoms with Gasteiger partial charge in [-0.1, -0.05) is 12.1 Å². The molecule has 5 rings (SSSR count). The van der Waals surface area contributed by atoms with Crippen LogP contribution in [-0.2, 0) is 27.9 Å². The quantitative estimate of drug-likeness (QED) is 0.557. The first kappa shape index (κ1) is 23.1. The van der Waals surface area contributed by atoms with E-state index in [9.17, 15) is 0 Å². The molecule has 1 aromatic carbocycles. The van der Waals surface area contributed by atoms with Gasteiger partial charge in [0, 0.05) is 25.0 Å². The zero-order valence-corrected chi connectivity index (χ0v) is 20.3. The lowest BCUT2D eigenvalue weighted by Gasteiger charge is -2.33. The van der Waals surface area contributed by atoms with Crippen molar-refractivity contribution in [2.24, 2.45) is 15.4 Å². The highest BCUT2D eigenvalue weighted by Crippen LogP contribution is 2.44. The molecule has 1 saturated heterocycles. The molecule has 1 aliphatic carbocycles. The van der Waals surface area contributed by atoms with Crippen molar-refractivity contribution in [2.75, 3.05) is 34.0 Å². The fourth-order valence-electron chi connectivity index (χ4n) is 5.58. The Kier molecular flexibility index (Phi) is 7.02. The lowest BCUT2D eigenvalue weighted by atomic mass is 9.80. The van der Waals surface area contributed by atoms with Gasteiger partial charge in [-0.25, -0.2) is 0 Å². The molecule has 0 saturated carbocycles. The molecule has 0 bridgehead atoms. The average Bonchev–Trinajstić information content (AvgIpc) is 3.33. The van der Waals surface area contributed by atoms with E-state index in [1.807, 2.05) is 6.07 Å². The third kappa shape index (κ3) is 4.39. The number of rotatable bonds is 6. The number of hydrogen-bond donors (Lipinski definition) is 0. The number of aryl methyl sites for hydroxylation is 1. The van der Waals surface area contributed by atoms with Gasteiger partial charge in [0.25, 0.3) is 0 Å². The Morgan fingerprint density at radius 3 is 2.71 bits per heavy atom. The second-order valence-electron chi connectivity index (χ2n) is 9.41. The number of pyridine rings is 1. The molecule has 1 fully saturated rings. The molecule has 7 heteroatoms. The van der Waals surface area contributed by atoms with E-state index in [2.05, 4.69) is 33.6 Å². The largest absolute Gasteiger partial charge is 0.497 e. The maximum absolute atomic E-state index is 6.46. The summed E-state index contributed by atoms with van der Waals surface area (Å²) in [4.78, 5) is 5.35. The Morgan fingerprint density at radius 2 is 1.88 bits per heavy atom. The van der Waals surface area contributed by atoms with Crippen LogP contribution in [0, 0.1) is 0 Å². The normalized spacial score (nSPS) is 24.1. The van der Waals surface area contributed by atoms with Crippen LogP contribution in [0.5, 0.6) is 5.75 Å². The molecule has 1 aromatic heterocycles. The third-order valence-corrected chi connectivity index (χ3v) is 7.18. The summed E-state index contributed by atoms with van der Waals surface area (Å²) in [5.74, 6) is 0.842. The molecule has 0 spiro atoms. The Bertz CT molecular complexity index is 1090. The SMILES string of the molecule is COCC1(c2nc3c(c(-c4cccc(OC)c4)c2/C2=N\N=NCCCC2)CCCC3)CCCO1. The highest BCUT2D eigenvalue weighted by Gasteiger charge is 2.43. The van der Waals surface area contributed by atoms with Crippen molar-refractivity contribution in [1.29, 1.82) is 0 Å². The van der Waals surface area contributed by atoms with Crippen molar-refractivity contribution in [3.63, 3.8) is 0 Å². The van der Waals surface area contributed by atoms with Crippen LogP contribution in [0.2, 0.25) is 0 Å². The van der Waals surface area contributed by atoms with E-state index in [1.165, 1.54) is 16.8 Å². The molecule has 1 atom stereocenters. The molecular weight excluding hydrogens is 428 g/mol. The van der Waals surface area contributed by atoms with Gasteiger partial charge in [-0.15, -0.1) is 5.10 Å². The van der Waals surface area contributed by atoms with E-state index in [0.717, 1.165) is 92.6 Å². The van der Waals surface area contributed by atoms with Gasteiger partial charge < -0.3 is 14.2 Å². The molecule has 2 aromatic rings. The standard InChI is InChI=1S/C27H34N4O3/c1-32-18-27(14-8-16-34-27)26-25(23-13-5-6-15-28-31-30-23)24(19-9-7-10-20(17-19)33-2)21-11-3-4-12-22(21)29-26/h7,9-10,17H,3-6,8,11-16,18H2,1-2H3/b30-23-,31-28?. The Hall–Kier alpha value is -2.64. The van der Waals surface area contributed by atoms with Crippen LogP contribution >= 0.6 is 0 Å². The maximum atomic E-state index is 6.46. The predicted molar refractivity (Wildman–Crippen MR) is 132 cm³/mol. The van der Waals surface area contributed by atoms with Gasteiger partial charge in [0.2, 0.25) is 0 Å². The summed E-state index contributed by atoms with van der Waals surface area (Å²) in [5.41, 5.74) is 7.23. The summed E-state index contributed by atoms with van der Waals surface area (Å²) in [6, 6.07) is 8.35. The summed E-state index contributed by atoms with van der Waals surface area (Å²) in [7, 11) is 3.46. The molecule has 0 amide bonds. The van der Waals surface area contributed by atoms with Crippen molar-refractivity contribution < 1.29 is 14.2 Å². The van der Waals surface area contributed by atoms with Crippen LogP contribution in [0.4, 0.5) is 0 Å². The second-order valence-corrected chi connectivity index (χ2v) is 9.41. The van der Waals surface area contributed by atoms with Crippen molar-refractivity contribution in [3.8, 4) is 16.9 Å². The van der Waals surface area contributed by atoms with Crippen LogP contribution in [0.3, 0.4) is 0 Å². The lowest BCUT2D eigenvalue weighted by molar-refractivity contribution is -0.0591. The monoisotopic (exact) mass is 462 g/mol. The van der Waals surface area contributed by atoms with E-state index in [-0.39, 0.29) is 0 Å². The van der Waals surface area contributed by atoms with Gasteiger partial charge in [-0.2, -0.15) is 5.11 Å². The zero-order valence-electron chi connectivity index (χ0n) is 20.3. The lowest BCUT2D eigenvalue weighted by Crippen LogP contribution is -2.35. The molecule has 34 heavy (non-hydrogen) atoms. The van der Waals surface area contributed by atoms with Gasteiger partial charge in [0.1, 0.15) is 11.4 Å². The van der Waals surface area contributed by atoms with Gasteiger partial charge in [0.15, 0.2) is 0 Å². The van der Waals surface area contributed by atoms with Crippen LogP contribution in [-0.4, -0.2) is 44.7 Å². The second kappa shape index (κ2) is 10.3. The minimum absolute atomic E-state index is 0.470. The first-order valence-electron chi connectivity index (χ1n) is 12.5. The Balaban J connectivity index is 1.84. The molecule has 3 heterocycles. The smallest absolute Gasteiger partial charge is 0.134 e. The summed E-state index contributed by atoms with van der Waals surface area (Å²) in [6.07, 6.45) is 9.04. The number of ether oxygens (including phenoxy) is 3. The molecule has 0 radical (unpaired) electrons. The summed E-state index contributed by atoms with van der Waals surface area (Å²) in [6.45, 7) is 1.91. The maximum Gasteiger partial charge on any atom is 0.134 e. The molecule has 0 N–H and O–H groups in total. The van der Waals surface area contributed by atoms with E-state index < -0.39 is 5.60 Å². The van der Waals surface area contributed by atoms with Gasteiger partial charge in [-0.05, 0) is 91.8 Å². The van der Waals surface area contributed by atoms with Gasteiger partial charge in [0.05, 0.1) is 31.7 Å². The minimum atomic E-state index is -0.577. The number of nitrogens with zero attached hydrogens (tertiary/aromatic N) is 4. The summed E-state index contributed by atoms with van der Waals surface area (Å²) < 4.78 is 17.8. The number of benzene rings is 1. The van der Waals surface area contributed by atoms with Crippen molar-refractivity contribution >= 4 is 5.71 Å².